The van der Waals surface area contributed by atoms with Crippen LogP contribution in [0, 0.1) is 76.4 Å². The van der Waals surface area contributed by atoms with Crippen molar-refractivity contribution in [3.63, 3.8) is 0 Å². The average molecular weight is 545 g/mol. The number of hydrogen-bond donors (Lipinski definition) is 0. The van der Waals surface area contributed by atoms with Gasteiger partial charge in [0.05, 0.1) is 0 Å². The van der Waals surface area contributed by atoms with Gasteiger partial charge in [-0.05, 0) is 52.8 Å². The van der Waals surface area contributed by atoms with E-state index in [1.54, 1.807) is 0 Å². The summed E-state index contributed by atoms with van der Waals surface area (Å²) in [5.74, 6) is 11.4. The summed E-state index contributed by atoms with van der Waals surface area (Å²) in [4.78, 5) is 0. The van der Waals surface area contributed by atoms with Gasteiger partial charge in [-0.3, -0.25) is 0 Å². The van der Waals surface area contributed by atoms with Gasteiger partial charge < -0.3 is 0 Å². The number of hydrogen-bond acceptors (Lipinski definition) is 0. The van der Waals surface area contributed by atoms with E-state index in [1.165, 1.54) is 47.3 Å². The molecule has 0 aromatic carbocycles. The molecule has 0 aromatic heterocycles. The monoisotopic (exact) mass is 542 g/mol. The van der Waals surface area contributed by atoms with Crippen LogP contribution in [0.5, 0.6) is 0 Å². The summed E-state index contributed by atoms with van der Waals surface area (Å²) < 4.78 is 0. The summed E-state index contributed by atoms with van der Waals surface area (Å²) >= 11 is -0.826. The Bertz CT molecular complexity index is 699. The van der Waals surface area contributed by atoms with Gasteiger partial charge in [0, 0.05) is 23.7 Å². The molecule has 166 valence electrons. The van der Waals surface area contributed by atoms with Crippen LogP contribution in [0.2, 0.25) is 0 Å². The second-order valence-corrected chi connectivity index (χ2v) is 15.0. The third-order valence-electron chi connectivity index (χ3n) is 6.55. The van der Waals surface area contributed by atoms with Crippen LogP contribution in [0.3, 0.4) is 0 Å². The molecule has 4 aliphatic carbocycles. The van der Waals surface area contributed by atoms with Crippen LogP contribution >= 0.6 is 17.0 Å². The standard InChI is InChI=1S/C29H34.2ClH.Zr/c1-27(2,3)23-17-25(21-15-11-9-13-19(21)23)29(7,8)26-18-24(28(4,5)6)20-14-10-12-16-22(20)26;;;/h9-18H,1-8H3;2*1H;/q;;;+4/p-2. The van der Waals surface area contributed by atoms with Crippen molar-refractivity contribution in [1.29, 1.82) is 0 Å². The van der Waals surface area contributed by atoms with E-state index < -0.39 is 20.8 Å². The zero-order chi connectivity index (χ0) is 23.9. The maximum atomic E-state index is 4.93. The summed E-state index contributed by atoms with van der Waals surface area (Å²) in [7, 11) is 9.87. The summed E-state index contributed by atoms with van der Waals surface area (Å²) in [6.45, 7) is 18.7. The first-order valence-electron chi connectivity index (χ1n) is 11.2. The zero-order valence-corrected chi connectivity index (χ0v) is 24.5. The Morgan fingerprint density at radius 2 is 0.750 bits per heavy atom. The minimum atomic E-state index is -0.826. The average Bonchev–Trinajstić information content (AvgIpc) is 3.28. The molecule has 0 atom stereocenters. The summed E-state index contributed by atoms with van der Waals surface area (Å²) in [6.07, 6.45) is 22.8. The predicted octanol–water partition coefficient (Wildman–Crippen LogP) is 8.77. The first-order chi connectivity index (χ1) is 14.8. The zero-order valence-electron chi connectivity index (χ0n) is 20.5. The van der Waals surface area contributed by atoms with Crippen LogP contribution in [0.15, 0.2) is 48.6 Å². The molecule has 4 aliphatic rings. The van der Waals surface area contributed by atoms with Crippen LogP contribution in [0.25, 0.3) is 0 Å². The summed E-state index contributed by atoms with van der Waals surface area (Å²) in [5, 5.41) is 0. The van der Waals surface area contributed by atoms with E-state index in [4.69, 9.17) is 17.0 Å². The van der Waals surface area contributed by atoms with E-state index in [0.29, 0.717) is 0 Å². The molecule has 0 N–H and O–H groups in total. The first kappa shape index (κ1) is 27.0. The van der Waals surface area contributed by atoms with Crippen molar-refractivity contribution in [2.24, 2.45) is 16.2 Å². The van der Waals surface area contributed by atoms with Crippen molar-refractivity contribution >= 4 is 17.0 Å². The number of fused-ring (bicyclic) bond motifs is 2. The van der Waals surface area contributed by atoms with Gasteiger partial charge in [0.2, 0.25) is 0 Å². The van der Waals surface area contributed by atoms with Gasteiger partial charge in [-0.2, -0.15) is 0 Å². The molecule has 0 spiro atoms. The fourth-order valence-corrected chi connectivity index (χ4v) is 4.93. The van der Waals surface area contributed by atoms with Gasteiger partial charge in [0.1, 0.15) is 0 Å². The number of allylic oxidation sites excluding steroid dienone is 8. The number of halogens is 2. The van der Waals surface area contributed by atoms with E-state index >= 15 is 0 Å². The topological polar surface area (TPSA) is 0 Å². The molecule has 2 saturated carbocycles. The molecule has 0 amide bonds. The van der Waals surface area contributed by atoms with Crippen molar-refractivity contribution < 1.29 is 20.8 Å². The molecule has 0 aliphatic heterocycles. The SMILES string of the molecule is CC(C)(C)[C]1[CH][C](C(C)(C)[C]2[CH][C](C(C)(C)C)[C]3C=CC=C[C]32)[C]2C=CC=C[C]21.[Cl][Zr+2][Cl]. The fraction of sp³-hybridized carbons (Fsp3) is 0.379. The second kappa shape index (κ2) is 10.2. The van der Waals surface area contributed by atoms with Gasteiger partial charge in [0.25, 0.3) is 0 Å². The molecule has 3 heteroatoms. The quantitative estimate of drug-likeness (QED) is 0.326. The van der Waals surface area contributed by atoms with Crippen molar-refractivity contribution in [3.8, 4) is 0 Å². The minimum absolute atomic E-state index is 0.0772. The molecule has 4 rings (SSSR count). The van der Waals surface area contributed by atoms with Gasteiger partial charge in [0.15, 0.2) is 0 Å². The van der Waals surface area contributed by atoms with E-state index in [1.807, 2.05) is 0 Å². The summed E-state index contributed by atoms with van der Waals surface area (Å²) in [6, 6.07) is 0. The van der Waals surface area contributed by atoms with Crippen molar-refractivity contribution in [1.82, 2.24) is 0 Å². The Balaban J connectivity index is 0.000000913. The van der Waals surface area contributed by atoms with Crippen LogP contribution < -0.4 is 0 Å². The van der Waals surface area contributed by atoms with Crippen LogP contribution in [0.4, 0.5) is 0 Å². The molecular formula is C29H34Cl2Zr+2. The van der Waals surface area contributed by atoms with Crippen LogP contribution in [0.1, 0.15) is 55.4 Å². The molecule has 10 radical (unpaired) electrons. The Labute approximate surface area is 217 Å². The van der Waals surface area contributed by atoms with Gasteiger partial charge in [-0.25, -0.2) is 0 Å². The number of rotatable bonds is 2. The van der Waals surface area contributed by atoms with Crippen LogP contribution in [-0.2, 0) is 20.8 Å². The Morgan fingerprint density at radius 1 is 0.500 bits per heavy atom. The normalized spacial score (nSPS) is 24.6. The molecule has 0 bridgehead atoms. The van der Waals surface area contributed by atoms with E-state index in [-0.39, 0.29) is 16.2 Å². The molecule has 0 unspecified atom stereocenters. The van der Waals surface area contributed by atoms with E-state index in [9.17, 15) is 0 Å². The molecule has 2 fully saturated rings. The van der Waals surface area contributed by atoms with Crippen molar-refractivity contribution in [2.45, 2.75) is 55.4 Å². The molecular weight excluding hydrogens is 510 g/mol. The molecule has 0 heterocycles. The Hall–Kier alpha value is 0.423. The van der Waals surface area contributed by atoms with Crippen molar-refractivity contribution in [2.75, 3.05) is 0 Å². The summed E-state index contributed by atoms with van der Waals surface area (Å²) in [5.41, 5.74) is 0.170. The van der Waals surface area contributed by atoms with Gasteiger partial charge in [-0.1, -0.05) is 104 Å². The van der Waals surface area contributed by atoms with E-state index in [0.717, 1.165) is 0 Å². The third kappa shape index (κ3) is 5.31. The molecule has 0 nitrogen and oxygen atoms in total. The first-order valence-corrected chi connectivity index (χ1v) is 17.5. The molecule has 32 heavy (non-hydrogen) atoms. The van der Waals surface area contributed by atoms with Gasteiger partial charge in [-0.15, -0.1) is 0 Å². The van der Waals surface area contributed by atoms with E-state index in [2.05, 4.69) is 117 Å². The van der Waals surface area contributed by atoms with Gasteiger partial charge >= 0.3 is 37.9 Å². The molecule has 0 aromatic rings. The molecule has 0 saturated heterocycles. The third-order valence-corrected chi connectivity index (χ3v) is 6.55. The second-order valence-electron chi connectivity index (χ2n) is 11.2. The maximum absolute atomic E-state index is 4.93. The van der Waals surface area contributed by atoms with Crippen LogP contribution in [-0.4, -0.2) is 0 Å². The van der Waals surface area contributed by atoms with Crippen molar-refractivity contribution in [3.05, 3.63) is 109 Å². The fourth-order valence-electron chi connectivity index (χ4n) is 4.93. The Morgan fingerprint density at radius 3 is 1.00 bits per heavy atom. The Kier molecular flexibility index (Phi) is 8.60. The predicted molar refractivity (Wildman–Crippen MR) is 136 cm³/mol.